The molecular weight excluding hydrogens is 360 g/mol. The molecule has 0 spiro atoms. The molecule has 1 amide bonds. The molecule has 6 nitrogen and oxygen atoms in total. The van der Waals surface area contributed by atoms with Crippen molar-refractivity contribution in [2.75, 3.05) is 11.9 Å². The molecular formula is C20H22N4O2S. The fraction of sp³-hybridized carbons (Fsp3) is 0.250. The van der Waals surface area contributed by atoms with Crippen molar-refractivity contribution in [1.29, 1.82) is 0 Å². The zero-order valence-electron chi connectivity index (χ0n) is 15.5. The van der Waals surface area contributed by atoms with Crippen LogP contribution in [0.1, 0.15) is 13.8 Å². The van der Waals surface area contributed by atoms with Gasteiger partial charge in [0, 0.05) is 18.3 Å². The Hall–Kier alpha value is -2.80. The molecule has 0 bridgehead atoms. The monoisotopic (exact) mass is 382 g/mol. The van der Waals surface area contributed by atoms with E-state index in [2.05, 4.69) is 15.5 Å². The topological polar surface area (TPSA) is 69.0 Å². The third-order valence-electron chi connectivity index (χ3n) is 3.95. The van der Waals surface area contributed by atoms with E-state index in [1.165, 1.54) is 11.8 Å². The maximum Gasteiger partial charge on any atom is 0.237 e. The van der Waals surface area contributed by atoms with Gasteiger partial charge in [-0.1, -0.05) is 42.1 Å². The van der Waals surface area contributed by atoms with E-state index in [0.717, 1.165) is 22.8 Å². The lowest BCUT2D eigenvalue weighted by molar-refractivity contribution is -0.115. The van der Waals surface area contributed by atoms with Gasteiger partial charge in [0.15, 0.2) is 11.0 Å². The van der Waals surface area contributed by atoms with E-state index < -0.39 is 0 Å². The first-order chi connectivity index (χ1) is 13.1. The molecule has 1 aromatic heterocycles. The van der Waals surface area contributed by atoms with E-state index in [1.54, 1.807) is 0 Å². The maximum atomic E-state index is 12.5. The number of nitrogens with zero attached hydrogens (tertiary/aromatic N) is 3. The van der Waals surface area contributed by atoms with Crippen molar-refractivity contribution in [3.63, 3.8) is 0 Å². The normalized spacial score (nSPS) is 11.8. The number of thioether (sulfide) groups is 1. The summed E-state index contributed by atoms with van der Waals surface area (Å²) in [5.41, 5.74) is 1.73. The predicted molar refractivity (Wildman–Crippen MR) is 108 cm³/mol. The summed E-state index contributed by atoms with van der Waals surface area (Å²) in [6, 6.07) is 17.2. The second-order valence-electron chi connectivity index (χ2n) is 5.94. The summed E-state index contributed by atoms with van der Waals surface area (Å²) in [4.78, 5) is 12.5. The number of hydrogen-bond donors (Lipinski definition) is 1. The zero-order valence-corrected chi connectivity index (χ0v) is 16.4. The molecule has 0 aliphatic carbocycles. The molecule has 0 aliphatic rings. The Bertz CT molecular complexity index is 894. The number of rotatable bonds is 7. The lowest BCUT2D eigenvalue weighted by Gasteiger charge is -2.12. The minimum absolute atomic E-state index is 0.0894. The second kappa shape index (κ2) is 8.73. The van der Waals surface area contributed by atoms with Crippen LogP contribution >= 0.6 is 11.8 Å². The summed E-state index contributed by atoms with van der Waals surface area (Å²) >= 11 is 1.38. The largest absolute Gasteiger partial charge is 0.494 e. The highest BCUT2D eigenvalue weighted by atomic mass is 32.2. The minimum atomic E-state index is -0.317. The summed E-state index contributed by atoms with van der Waals surface area (Å²) in [5, 5.41) is 11.8. The average molecular weight is 382 g/mol. The van der Waals surface area contributed by atoms with Crippen LogP contribution in [0.3, 0.4) is 0 Å². The summed E-state index contributed by atoms with van der Waals surface area (Å²) in [6.07, 6.45) is 0. The Morgan fingerprint density at radius 3 is 2.52 bits per heavy atom. The highest BCUT2D eigenvalue weighted by Crippen LogP contribution is 2.26. The van der Waals surface area contributed by atoms with Crippen LogP contribution in [0.25, 0.3) is 11.4 Å². The number of aromatic nitrogens is 3. The van der Waals surface area contributed by atoms with E-state index in [4.69, 9.17) is 4.74 Å². The lowest BCUT2D eigenvalue weighted by Crippen LogP contribution is -2.22. The number of anilines is 1. The Labute approximate surface area is 163 Å². The fourth-order valence-corrected chi connectivity index (χ4v) is 3.33. The first kappa shape index (κ1) is 19.0. The van der Waals surface area contributed by atoms with E-state index in [0.29, 0.717) is 11.8 Å². The molecule has 0 aliphatic heterocycles. The quantitative estimate of drug-likeness (QED) is 0.626. The average Bonchev–Trinajstić information content (AvgIpc) is 3.04. The number of carbonyl (C=O) groups is 1. The van der Waals surface area contributed by atoms with Crippen molar-refractivity contribution < 1.29 is 9.53 Å². The lowest BCUT2D eigenvalue weighted by atomic mass is 10.2. The van der Waals surface area contributed by atoms with Gasteiger partial charge in [-0.05, 0) is 38.1 Å². The number of amides is 1. The molecule has 0 radical (unpaired) electrons. The number of benzene rings is 2. The van der Waals surface area contributed by atoms with Crippen LogP contribution in [0.5, 0.6) is 5.75 Å². The zero-order chi connectivity index (χ0) is 19.2. The smallest absolute Gasteiger partial charge is 0.237 e. The van der Waals surface area contributed by atoms with Gasteiger partial charge in [0.2, 0.25) is 5.91 Å². The summed E-state index contributed by atoms with van der Waals surface area (Å²) in [7, 11) is 1.90. The van der Waals surface area contributed by atoms with Crippen molar-refractivity contribution in [3.8, 4) is 17.1 Å². The molecule has 0 fully saturated rings. The highest BCUT2D eigenvalue weighted by Gasteiger charge is 2.19. The fourth-order valence-electron chi connectivity index (χ4n) is 2.51. The first-order valence-corrected chi connectivity index (χ1v) is 9.61. The molecule has 7 heteroatoms. The molecule has 140 valence electrons. The molecule has 1 heterocycles. The van der Waals surface area contributed by atoms with Crippen LogP contribution in [-0.2, 0) is 11.8 Å². The third kappa shape index (κ3) is 4.68. The molecule has 2 aromatic carbocycles. The summed E-state index contributed by atoms with van der Waals surface area (Å²) < 4.78 is 7.31. The molecule has 1 N–H and O–H groups in total. The molecule has 0 saturated heterocycles. The standard InChI is InChI=1S/C20H22N4O2S/c1-4-26-17-12-10-16(11-13-17)21-19(25)14(2)27-20-23-22-18(24(20)3)15-8-6-5-7-9-15/h5-14H,4H2,1-3H3,(H,21,25). The van der Waals surface area contributed by atoms with Gasteiger partial charge >= 0.3 is 0 Å². The number of nitrogens with one attached hydrogen (secondary N) is 1. The molecule has 3 aromatic rings. The van der Waals surface area contributed by atoms with E-state index in [9.17, 15) is 4.79 Å². The Morgan fingerprint density at radius 2 is 1.85 bits per heavy atom. The van der Waals surface area contributed by atoms with Crippen LogP contribution in [0.4, 0.5) is 5.69 Å². The highest BCUT2D eigenvalue weighted by molar-refractivity contribution is 8.00. The van der Waals surface area contributed by atoms with Crippen molar-refractivity contribution in [3.05, 3.63) is 54.6 Å². The molecule has 27 heavy (non-hydrogen) atoms. The third-order valence-corrected chi connectivity index (χ3v) is 5.09. The van der Waals surface area contributed by atoms with Crippen LogP contribution in [0, 0.1) is 0 Å². The second-order valence-corrected chi connectivity index (χ2v) is 7.25. The summed E-state index contributed by atoms with van der Waals surface area (Å²) in [6.45, 7) is 4.40. The van der Waals surface area contributed by atoms with Gasteiger partial charge in [0.05, 0.1) is 11.9 Å². The van der Waals surface area contributed by atoms with Crippen molar-refractivity contribution in [2.45, 2.75) is 24.3 Å². The molecule has 1 atom stereocenters. The van der Waals surface area contributed by atoms with Crippen molar-refractivity contribution in [2.24, 2.45) is 7.05 Å². The van der Waals surface area contributed by atoms with Crippen molar-refractivity contribution >= 4 is 23.4 Å². The molecule has 3 rings (SSSR count). The number of ether oxygens (including phenoxy) is 1. The van der Waals surface area contributed by atoms with Gasteiger partial charge in [-0.15, -0.1) is 10.2 Å². The minimum Gasteiger partial charge on any atom is -0.494 e. The maximum absolute atomic E-state index is 12.5. The van der Waals surface area contributed by atoms with Gasteiger partial charge in [-0.25, -0.2) is 0 Å². The van der Waals surface area contributed by atoms with Crippen LogP contribution in [0.15, 0.2) is 59.8 Å². The van der Waals surface area contributed by atoms with Crippen LogP contribution in [0.2, 0.25) is 0 Å². The van der Waals surface area contributed by atoms with Gasteiger partial charge < -0.3 is 14.6 Å². The molecule has 0 saturated carbocycles. The van der Waals surface area contributed by atoms with Crippen molar-refractivity contribution in [1.82, 2.24) is 14.8 Å². The number of carbonyl (C=O) groups excluding carboxylic acids is 1. The summed E-state index contributed by atoms with van der Waals surface area (Å²) in [5.74, 6) is 1.47. The van der Waals surface area contributed by atoms with Crippen LogP contribution < -0.4 is 10.1 Å². The van der Waals surface area contributed by atoms with Crippen LogP contribution in [-0.4, -0.2) is 32.5 Å². The van der Waals surface area contributed by atoms with Gasteiger partial charge in [-0.2, -0.15) is 0 Å². The van der Waals surface area contributed by atoms with E-state index in [1.807, 2.05) is 80.1 Å². The molecule has 1 unspecified atom stereocenters. The Kier molecular flexibility index (Phi) is 6.13. The Morgan fingerprint density at radius 1 is 1.15 bits per heavy atom. The van der Waals surface area contributed by atoms with Gasteiger partial charge in [0.25, 0.3) is 0 Å². The van der Waals surface area contributed by atoms with Gasteiger partial charge in [0.1, 0.15) is 5.75 Å². The predicted octanol–water partition coefficient (Wildman–Crippen LogP) is 4.00. The Balaban J connectivity index is 1.64. The van der Waals surface area contributed by atoms with E-state index in [-0.39, 0.29) is 11.2 Å². The van der Waals surface area contributed by atoms with E-state index >= 15 is 0 Å². The number of hydrogen-bond acceptors (Lipinski definition) is 5. The first-order valence-electron chi connectivity index (χ1n) is 8.73. The SMILES string of the molecule is CCOc1ccc(NC(=O)C(C)Sc2nnc(-c3ccccc3)n2C)cc1. The van der Waals surface area contributed by atoms with Gasteiger partial charge in [-0.3, -0.25) is 4.79 Å².